The molecule has 0 bridgehead atoms. The molecule has 0 saturated carbocycles. The van der Waals surface area contributed by atoms with Gasteiger partial charge in [0.2, 0.25) is 0 Å². The summed E-state index contributed by atoms with van der Waals surface area (Å²) < 4.78 is 0. The van der Waals surface area contributed by atoms with Gasteiger partial charge in [-0.05, 0) is 204 Å². The Morgan fingerprint density at radius 2 is 0.280 bits per heavy atom. The van der Waals surface area contributed by atoms with E-state index in [-0.39, 0.29) is 0 Å². The normalized spacial score (nSPS) is 11.2. The first-order valence-corrected chi connectivity index (χ1v) is 44.4. The van der Waals surface area contributed by atoms with Gasteiger partial charge >= 0.3 is 0 Å². The summed E-state index contributed by atoms with van der Waals surface area (Å²) in [4.78, 5) is 45.0. The van der Waals surface area contributed by atoms with Crippen molar-refractivity contribution in [3.63, 3.8) is 0 Å². The summed E-state index contributed by atoms with van der Waals surface area (Å²) in [5.41, 5.74) is 22.1. The van der Waals surface area contributed by atoms with Crippen LogP contribution in [0.15, 0.2) is 491 Å². The highest BCUT2D eigenvalue weighted by Crippen LogP contribution is 2.44. The lowest BCUT2D eigenvalue weighted by atomic mass is 9.90. The van der Waals surface area contributed by atoms with Gasteiger partial charge in [0.05, 0.1) is 0 Å². The van der Waals surface area contributed by atoms with Gasteiger partial charge in [-0.3, -0.25) is 0 Å². The fourth-order valence-corrected chi connectivity index (χ4v) is 17.7. The van der Waals surface area contributed by atoms with Crippen molar-refractivity contribution in [2.24, 2.45) is 0 Å². The van der Waals surface area contributed by atoms with Crippen molar-refractivity contribution in [2.45, 2.75) is 0 Å². The molecule has 0 unspecified atom stereocenters. The minimum atomic E-state index is 0.641. The van der Waals surface area contributed by atoms with Gasteiger partial charge in [-0.25, -0.2) is 44.9 Å². The molecule has 0 atom stereocenters. The van der Waals surface area contributed by atoms with Gasteiger partial charge in [-0.15, -0.1) is 0 Å². The third-order valence-corrected chi connectivity index (χ3v) is 24.2. The molecule has 3 aromatic heterocycles. The molecule has 3 heterocycles. The molecule has 0 spiro atoms. The van der Waals surface area contributed by atoms with Crippen molar-refractivity contribution in [1.29, 1.82) is 0 Å². The lowest BCUT2D eigenvalue weighted by molar-refractivity contribution is 1.07. The van der Waals surface area contributed by atoms with Gasteiger partial charge < -0.3 is 0 Å². The maximum Gasteiger partial charge on any atom is 0.164 e. The van der Waals surface area contributed by atoms with E-state index in [4.69, 9.17) is 44.9 Å². The van der Waals surface area contributed by atoms with Crippen LogP contribution in [0, 0.1) is 0 Å². The zero-order valence-corrected chi connectivity index (χ0v) is 71.8. The Morgan fingerprint density at radius 1 is 0.0909 bits per heavy atom. The first kappa shape index (κ1) is 80.1. The Kier molecular flexibility index (Phi) is 22.0. The molecule has 0 aliphatic heterocycles. The molecule has 0 saturated heterocycles. The predicted octanol–water partition coefficient (Wildman–Crippen LogP) is 31.5. The summed E-state index contributed by atoms with van der Waals surface area (Å²) in [6, 6.07) is 171. The smallest absolute Gasteiger partial charge is 0.164 e. The highest BCUT2D eigenvalue weighted by molar-refractivity contribution is 6.16. The molecule has 9 nitrogen and oxygen atoms in total. The van der Waals surface area contributed by atoms with Crippen LogP contribution in [0.3, 0.4) is 0 Å². The van der Waals surface area contributed by atoms with E-state index < -0.39 is 0 Å². The van der Waals surface area contributed by atoms with Crippen LogP contribution in [0.2, 0.25) is 0 Å². The van der Waals surface area contributed by atoms with E-state index in [2.05, 4.69) is 303 Å². The van der Waals surface area contributed by atoms with Crippen LogP contribution >= 0.6 is 0 Å². The monoisotopic (exact) mass is 1680 g/mol. The van der Waals surface area contributed by atoms with E-state index in [0.717, 1.165) is 106 Å². The maximum atomic E-state index is 5.06. The van der Waals surface area contributed by atoms with E-state index >= 15 is 0 Å². The van der Waals surface area contributed by atoms with Crippen LogP contribution in [0.5, 0.6) is 0 Å². The lowest BCUT2D eigenvalue weighted by Crippen LogP contribution is -2.00. The third kappa shape index (κ3) is 16.8. The fraction of sp³-hybridized carbons (Fsp3) is 0. The summed E-state index contributed by atoms with van der Waals surface area (Å²) in [7, 11) is 0. The molecule has 9 heteroatoms. The van der Waals surface area contributed by atoms with Crippen molar-refractivity contribution in [1.82, 2.24) is 44.9 Å². The Labute approximate surface area is 764 Å². The summed E-state index contributed by atoms with van der Waals surface area (Å²) in [6.45, 7) is 0. The van der Waals surface area contributed by atoms with Gasteiger partial charge in [0.25, 0.3) is 0 Å². The number of hydrogen-bond donors (Lipinski definition) is 0. The molecule has 0 radical (unpaired) electrons. The number of hydrogen-bond acceptors (Lipinski definition) is 9. The lowest BCUT2D eigenvalue weighted by Gasteiger charge is -2.15. The van der Waals surface area contributed by atoms with Crippen molar-refractivity contribution >= 4 is 64.6 Å². The average molecular weight is 1690 g/mol. The largest absolute Gasteiger partial charge is 0.208 e. The molecule has 24 rings (SSSR count). The first-order valence-electron chi connectivity index (χ1n) is 44.4. The standard InChI is InChI=1S/3C41H27N3/c2*1-4-14-28(15-5-1)32-24-33(38-27-31-20-10-11-21-35(31)36-22-12-13-23-37(36)38)26-34(25-32)41-43-39(29-16-6-2-7-17-29)42-40(44-41)30-18-8-3-9-19-30;1-4-12-28(13-5-1)34-25-35(32-22-23-38-33(24-32)21-20-29-14-10-11-19-37(29)38)27-36(26-34)41-43-39(30-15-6-2-7-16-30)42-40(44-41)31-17-8-3-9-18-31/h3*1-27H. The minimum Gasteiger partial charge on any atom is -0.208 e. The molecule has 0 N–H and O–H groups in total. The second kappa shape index (κ2) is 36.3. The molecule has 0 aliphatic rings. The van der Waals surface area contributed by atoms with E-state index in [9.17, 15) is 0 Å². The van der Waals surface area contributed by atoms with Crippen LogP contribution in [0.25, 0.3) is 234 Å². The molecule has 0 fully saturated rings. The number of aromatic nitrogens is 9. The quantitative estimate of drug-likeness (QED) is 0.0925. The van der Waals surface area contributed by atoms with Crippen LogP contribution in [0.1, 0.15) is 0 Å². The Morgan fingerprint density at radius 3 is 0.583 bits per heavy atom. The predicted molar refractivity (Wildman–Crippen MR) is 546 cm³/mol. The van der Waals surface area contributed by atoms with Crippen molar-refractivity contribution in [3.05, 3.63) is 491 Å². The second-order valence-corrected chi connectivity index (χ2v) is 32.7. The topological polar surface area (TPSA) is 116 Å². The zero-order chi connectivity index (χ0) is 87.9. The highest BCUT2D eigenvalue weighted by atomic mass is 15.1. The number of nitrogens with zero attached hydrogens (tertiary/aromatic N) is 9. The first-order chi connectivity index (χ1) is 65.4. The summed E-state index contributed by atoms with van der Waals surface area (Å²) in [6.07, 6.45) is 0. The number of fused-ring (bicyclic) bond motifs is 9. The van der Waals surface area contributed by atoms with Crippen LogP contribution < -0.4 is 0 Å². The average Bonchev–Trinajstić information content (AvgIpc) is 0.760. The molecule has 132 heavy (non-hydrogen) atoms. The molecular formula is C123H81N9. The minimum absolute atomic E-state index is 0.641. The molecule has 0 aliphatic carbocycles. The summed E-state index contributed by atoms with van der Waals surface area (Å²) in [5, 5.41) is 14.8. The van der Waals surface area contributed by atoms with Crippen LogP contribution in [-0.2, 0) is 0 Å². The van der Waals surface area contributed by atoms with Crippen molar-refractivity contribution in [2.75, 3.05) is 0 Å². The van der Waals surface area contributed by atoms with Crippen LogP contribution in [-0.4, -0.2) is 44.9 Å². The SMILES string of the molecule is c1ccc(-c2cc(-c3ccc4c(ccc5ccccc54)c3)cc(-c3nc(-c4ccccc4)nc(-c4ccccc4)n3)c2)cc1.c1ccc(-c2cc(-c3nc(-c4ccccc4)nc(-c4ccccc4)n3)cc(-c3cc4ccccc4c4ccccc34)c2)cc1.c1ccc(-c2cc(-c3nc(-c4ccccc4)nc(-c4ccccc4)n3)cc(-c3cc4ccccc4c4ccccc34)c2)cc1. The van der Waals surface area contributed by atoms with Crippen molar-refractivity contribution in [3.8, 4) is 169 Å². The van der Waals surface area contributed by atoms with Gasteiger partial charge in [0.15, 0.2) is 52.4 Å². The Hall–Kier alpha value is -17.8. The van der Waals surface area contributed by atoms with Gasteiger partial charge in [-0.1, -0.05) is 419 Å². The maximum absolute atomic E-state index is 5.06. The van der Waals surface area contributed by atoms with E-state index in [1.165, 1.54) is 75.8 Å². The Bertz CT molecular complexity index is 7840. The number of rotatable bonds is 15. The Balaban J connectivity index is 0.000000116. The summed E-state index contributed by atoms with van der Waals surface area (Å²) >= 11 is 0. The van der Waals surface area contributed by atoms with Gasteiger partial charge in [0, 0.05) is 50.1 Å². The number of benzene rings is 21. The van der Waals surface area contributed by atoms with Gasteiger partial charge in [0.1, 0.15) is 0 Å². The van der Waals surface area contributed by atoms with E-state index in [1.54, 1.807) is 0 Å². The second-order valence-electron chi connectivity index (χ2n) is 32.7. The van der Waals surface area contributed by atoms with Crippen LogP contribution in [0.4, 0.5) is 0 Å². The molecule has 618 valence electrons. The molecule has 24 aromatic rings. The molecule has 21 aromatic carbocycles. The molecule has 0 amide bonds. The third-order valence-electron chi connectivity index (χ3n) is 24.2. The van der Waals surface area contributed by atoms with E-state index in [1.807, 2.05) is 188 Å². The zero-order valence-electron chi connectivity index (χ0n) is 71.8. The summed E-state index contributed by atoms with van der Waals surface area (Å²) in [5.74, 6) is 5.83. The van der Waals surface area contributed by atoms with Crippen molar-refractivity contribution < 1.29 is 0 Å². The highest BCUT2D eigenvalue weighted by Gasteiger charge is 2.22. The van der Waals surface area contributed by atoms with E-state index in [0.29, 0.717) is 52.4 Å². The molecular weight excluding hydrogens is 1600 g/mol. The van der Waals surface area contributed by atoms with Gasteiger partial charge in [-0.2, -0.15) is 0 Å². The fourth-order valence-electron chi connectivity index (χ4n) is 17.7.